The van der Waals surface area contributed by atoms with Crippen molar-refractivity contribution in [3.63, 3.8) is 0 Å². The molecule has 0 unspecified atom stereocenters. The Morgan fingerprint density at radius 1 is 1.11 bits per heavy atom. The normalized spacial score (nSPS) is 18.8. The van der Waals surface area contributed by atoms with Crippen LogP contribution in [0.4, 0.5) is 4.39 Å². The number of amides is 1. The van der Waals surface area contributed by atoms with Gasteiger partial charge in [-0.15, -0.1) is 0 Å². The quantitative estimate of drug-likeness (QED) is 0.452. The number of nitrogens with zero attached hydrogens (tertiary/aromatic N) is 4. The van der Waals surface area contributed by atoms with Crippen molar-refractivity contribution in [2.45, 2.75) is 68.6 Å². The second-order valence-electron chi connectivity index (χ2n) is 10.2. The van der Waals surface area contributed by atoms with E-state index >= 15 is 0 Å². The van der Waals surface area contributed by atoms with Crippen LogP contribution >= 0.6 is 0 Å². The number of rotatable bonds is 11. The van der Waals surface area contributed by atoms with Gasteiger partial charge in [0.15, 0.2) is 0 Å². The first-order chi connectivity index (χ1) is 17.2. The Balaban J connectivity index is 1.63. The maximum atomic E-state index is 13.4. The van der Waals surface area contributed by atoms with E-state index in [2.05, 4.69) is 4.98 Å². The smallest absolute Gasteiger partial charge is 0.228 e. The summed E-state index contributed by atoms with van der Waals surface area (Å²) in [4.78, 5) is 21.6. The van der Waals surface area contributed by atoms with Gasteiger partial charge in [0.2, 0.25) is 20.9 Å². The SMILES string of the molecule is CN(C)CCN(Cc1cnc(S(=O)(=O)Cc2ccc(F)cc2)n1C[C@@H]1CCCO1)C(=O)C1CCCC1. The summed E-state index contributed by atoms with van der Waals surface area (Å²) in [5.41, 5.74) is 1.18. The van der Waals surface area contributed by atoms with Crippen molar-refractivity contribution >= 4 is 15.7 Å². The molecule has 10 heteroatoms. The predicted octanol–water partition coefficient (Wildman–Crippen LogP) is 3.26. The molecule has 198 valence electrons. The molecule has 0 N–H and O–H groups in total. The number of hydrogen-bond donors (Lipinski definition) is 0. The van der Waals surface area contributed by atoms with Gasteiger partial charge < -0.3 is 19.1 Å². The molecule has 2 aliphatic rings. The van der Waals surface area contributed by atoms with Gasteiger partial charge in [-0.2, -0.15) is 0 Å². The van der Waals surface area contributed by atoms with E-state index in [-0.39, 0.29) is 28.8 Å². The lowest BCUT2D eigenvalue weighted by atomic mass is 10.1. The Morgan fingerprint density at radius 2 is 1.83 bits per heavy atom. The van der Waals surface area contributed by atoms with Crippen LogP contribution in [0.15, 0.2) is 35.6 Å². The third-order valence-corrected chi connectivity index (χ3v) is 8.64. The van der Waals surface area contributed by atoms with E-state index in [0.29, 0.717) is 44.0 Å². The van der Waals surface area contributed by atoms with Crippen LogP contribution in [-0.2, 0) is 38.2 Å². The Kier molecular flexibility index (Phi) is 8.79. The number of benzene rings is 1. The average molecular weight is 521 g/mol. The van der Waals surface area contributed by atoms with Gasteiger partial charge in [0.25, 0.3) is 0 Å². The van der Waals surface area contributed by atoms with E-state index in [1.165, 1.54) is 24.3 Å². The minimum absolute atomic E-state index is 0.0294. The largest absolute Gasteiger partial charge is 0.376 e. The van der Waals surface area contributed by atoms with Gasteiger partial charge in [-0.05, 0) is 57.5 Å². The Hall–Kier alpha value is -2.30. The molecule has 1 aliphatic carbocycles. The molecule has 2 fully saturated rings. The van der Waals surface area contributed by atoms with Crippen molar-refractivity contribution in [1.82, 2.24) is 19.4 Å². The number of carbonyl (C=O) groups excluding carboxylic acids is 1. The third-order valence-electron chi connectivity index (χ3n) is 7.05. The molecule has 0 radical (unpaired) electrons. The molecule has 2 aromatic rings. The van der Waals surface area contributed by atoms with Crippen LogP contribution in [0.25, 0.3) is 0 Å². The van der Waals surface area contributed by atoms with Crippen molar-refractivity contribution in [2.24, 2.45) is 5.92 Å². The molecule has 0 spiro atoms. The van der Waals surface area contributed by atoms with E-state index in [4.69, 9.17) is 4.74 Å². The summed E-state index contributed by atoms with van der Waals surface area (Å²) >= 11 is 0. The molecule has 1 atom stereocenters. The average Bonchev–Trinajstić information content (AvgIpc) is 3.61. The van der Waals surface area contributed by atoms with E-state index in [0.717, 1.165) is 38.5 Å². The van der Waals surface area contributed by atoms with Crippen LogP contribution in [0.3, 0.4) is 0 Å². The predicted molar refractivity (Wildman–Crippen MR) is 134 cm³/mol. The molecule has 1 saturated heterocycles. The summed E-state index contributed by atoms with van der Waals surface area (Å²) in [5, 5.41) is -0.0294. The number of imidazole rings is 1. The highest BCUT2D eigenvalue weighted by atomic mass is 32.2. The van der Waals surface area contributed by atoms with Crippen molar-refractivity contribution in [1.29, 1.82) is 0 Å². The fourth-order valence-corrected chi connectivity index (χ4v) is 6.53. The molecule has 1 amide bonds. The summed E-state index contributed by atoms with van der Waals surface area (Å²) in [6.07, 6.45) is 7.21. The number of likely N-dealkylation sites (N-methyl/N-ethyl adjacent to an activating group) is 1. The molecule has 8 nitrogen and oxygen atoms in total. The second-order valence-corrected chi connectivity index (χ2v) is 12.1. The van der Waals surface area contributed by atoms with Crippen LogP contribution in [0.1, 0.15) is 49.8 Å². The lowest BCUT2D eigenvalue weighted by molar-refractivity contribution is -0.136. The lowest BCUT2D eigenvalue weighted by Gasteiger charge is -2.28. The van der Waals surface area contributed by atoms with Gasteiger partial charge in [-0.25, -0.2) is 17.8 Å². The molecule has 4 rings (SSSR count). The highest BCUT2D eigenvalue weighted by molar-refractivity contribution is 7.90. The zero-order valence-electron chi connectivity index (χ0n) is 21.2. The number of carbonyl (C=O) groups is 1. The summed E-state index contributed by atoms with van der Waals surface area (Å²) < 4.78 is 47.7. The highest BCUT2D eigenvalue weighted by Gasteiger charge is 2.31. The first-order valence-electron chi connectivity index (χ1n) is 12.8. The first-order valence-corrected chi connectivity index (χ1v) is 14.4. The third kappa shape index (κ3) is 6.72. The molecule has 1 aromatic carbocycles. The van der Waals surface area contributed by atoms with Crippen molar-refractivity contribution in [2.75, 3.05) is 33.8 Å². The number of aromatic nitrogens is 2. The number of halogens is 1. The summed E-state index contributed by atoms with van der Waals surface area (Å²) in [6.45, 7) is 2.60. The van der Waals surface area contributed by atoms with E-state index < -0.39 is 15.7 Å². The minimum Gasteiger partial charge on any atom is -0.376 e. The molecule has 1 aliphatic heterocycles. The maximum absolute atomic E-state index is 13.4. The molecular weight excluding hydrogens is 483 g/mol. The van der Waals surface area contributed by atoms with Crippen molar-refractivity contribution in [3.8, 4) is 0 Å². The van der Waals surface area contributed by atoms with Gasteiger partial charge in [-0.3, -0.25) is 4.79 Å². The second kappa shape index (κ2) is 11.8. The van der Waals surface area contributed by atoms with Gasteiger partial charge in [0.05, 0.1) is 36.8 Å². The summed E-state index contributed by atoms with van der Waals surface area (Å²) in [7, 11) is 0.132. The Morgan fingerprint density at radius 3 is 2.47 bits per heavy atom. The van der Waals surface area contributed by atoms with Crippen LogP contribution in [0.5, 0.6) is 0 Å². The lowest BCUT2D eigenvalue weighted by Crippen LogP contribution is -2.40. The van der Waals surface area contributed by atoms with E-state index in [1.54, 1.807) is 10.8 Å². The van der Waals surface area contributed by atoms with E-state index in [1.807, 2.05) is 23.9 Å². The molecule has 36 heavy (non-hydrogen) atoms. The zero-order chi connectivity index (χ0) is 25.7. The topological polar surface area (TPSA) is 84.7 Å². The molecular formula is C26H37FN4O4S. The van der Waals surface area contributed by atoms with Crippen LogP contribution in [-0.4, -0.2) is 73.6 Å². The molecule has 2 heterocycles. The fourth-order valence-electron chi connectivity index (χ4n) is 5.03. The van der Waals surface area contributed by atoms with Crippen LogP contribution in [0.2, 0.25) is 0 Å². The standard InChI is InChI=1S/C26H37FN4O4S/c1-29(2)13-14-30(25(32)21-6-3-4-7-21)17-23-16-28-26(31(23)18-24-8-5-15-35-24)36(33,34)19-20-9-11-22(27)12-10-20/h9-12,16,21,24H,3-8,13-15,17-19H2,1-2H3/t24-/m0/s1. The number of hydrogen-bond acceptors (Lipinski definition) is 6. The summed E-state index contributed by atoms with van der Waals surface area (Å²) in [6, 6.07) is 5.47. The highest BCUT2D eigenvalue weighted by Crippen LogP contribution is 2.28. The molecule has 1 saturated carbocycles. The van der Waals surface area contributed by atoms with Crippen LogP contribution < -0.4 is 0 Å². The number of sulfone groups is 1. The van der Waals surface area contributed by atoms with Gasteiger partial charge in [0, 0.05) is 25.6 Å². The monoisotopic (exact) mass is 520 g/mol. The Bertz CT molecular complexity index is 1120. The molecule has 0 bridgehead atoms. The zero-order valence-corrected chi connectivity index (χ0v) is 22.1. The maximum Gasteiger partial charge on any atom is 0.228 e. The van der Waals surface area contributed by atoms with E-state index in [9.17, 15) is 17.6 Å². The van der Waals surface area contributed by atoms with Gasteiger partial charge in [0.1, 0.15) is 5.82 Å². The summed E-state index contributed by atoms with van der Waals surface area (Å²) in [5.74, 6) is -0.526. The van der Waals surface area contributed by atoms with Crippen molar-refractivity contribution in [3.05, 3.63) is 47.5 Å². The fraction of sp³-hybridized carbons (Fsp3) is 0.615. The first kappa shape index (κ1) is 26.8. The number of ether oxygens (including phenoxy) is 1. The van der Waals surface area contributed by atoms with Gasteiger partial charge >= 0.3 is 0 Å². The van der Waals surface area contributed by atoms with Gasteiger partial charge in [-0.1, -0.05) is 25.0 Å². The molecule has 1 aromatic heterocycles. The van der Waals surface area contributed by atoms with Crippen LogP contribution in [0, 0.1) is 11.7 Å². The minimum atomic E-state index is -3.81. The van der Waals surface area contributed by atoms with Crippen molar-refractivity contribution < 1.29 is 22.3 Å². The Labute approximate surface area is 213 Å².